The second-order valence-corrected chi connectivity index (χ2v) is 6.09. The second kappa shape index (κ2) is 7.83. The van der Waals surface area contributed by atoms with E-state index in [-0.39, 0.29) is 0 Å². The third kappa shape index (κ3) is 4.47. The number of benzene rings is 2. The van der Waals surface area contributed by atoms with Crippen LogP contribution in [0.5, 0.6) is 11.5 Å². The molecule has 4 heteroatoms. The van der Waals surface area contributed by atoms with Crippen LogP contribution in [0.3, 0.4) is 0 Å². The van der Waals surface area contributed by atoms with E-state index in [4.69, 9.17) is 16.3 Å². The van der Waals surface area contributed by atoms with Crippen molar-refractivity contribution in [2.45, 2.75) is 26.3 Å². The molecule has 0 bridgehead atoms. The molecule has 0 aromatic heterocycles. The first-order chi connectivity index (χ1) is 10.1. The third-order valence-corrected chi connectivity index (χ3v) is 4.07. The van der Waals surface area contributed by atoms with E-state index in [2.05, 4.69) is 47.2 Å². The lowest BCUT2D eigenvalue weighted by Crippen LogP contribution is -2.19. The molecular weight excluding hydrogens is 350 g/mol. The Kier molecular flexibility index (Phi) is 6.09. The highest BCUT2D eigenvalue weighted by Crippen LogP contribution is 2.32. The van der Waals surface area contributed by atoms with Gasteiger partial charge in [0.2, 0.25) is 0 Å². The van der Waals surface area contributed by atoms with Crippen molar-refractivity contribution < 1.29 is 4.74 Å². The molecule has 2 aromatic carbocycles. The molecule has 0 radical (unpaired) electrons. The van der Waals surface area contributed by atoms with Crippen molar-refractivity contribution in [2.24, 2.45) is 0 Å². The third-order valence-electron chi connectivity index (χ3n) is 3.26. The van der Waals surface area contributed by atoms with E-state index in [1.165, 1.54) is 5.56 Å². The Morgan fingerprint density at radius 1 is 1.14 bits per heavy atom. The van der Waals surface area contributed by atoms with Gasteiger partial charge in [-0.05, 0) is 48.9 Å². The molecule has 0 saturated carbocycles. The zero-order valence-corrected chi connectivity index (χ0v) is 14.5. The lowest BCUT2D eigenvalue weighted by Gasteiger charge is -2.16. The number of halogens is 2. The number of rotatable bonds is 6. The summed E-state index contributed by atoms with van der Waals surface area (Å²) in [4.78, 5) is 0. The maximum absolute atomic E-state index is 6.14. The number of hydrogen-bond acceptors (Lipinski definition) is 2. The van der Waals surface area contributed by atoms with Gasteiger partial charge in [-0.15, -0.1) is 0 Å². The van der Waals surface area contributed by atoms with E-state index < -0.39 is 0 Å². The average Bonchev–Trinajstić information content (AvgIpc) is 2.49. The van der Waals surface area contributed by atoms with E-state index in [1.807, 2.05) is 30.3 Å². The summed E-state index contributed by atoms with van der Waals surface area (Å²) in [5.74, 6) is 1.43. The van der Waals surface area contributed by atoms with Gasteiger partial charge in [-0.1, -0.05) is 53.5 Å². The topological polar surface area (TPSA) is 21.3 Å². The van der Waals surface area contributed by atoms with Gasteiger partial charge in [0, 0.05) is 10.5 Å². The molecule has 0 aliphatic heterocycles. The van der Waals surface area contributed by atoms with Crippen molar-refractivity contribution in [1.29, 1.82) is 0 Å². The molecular formula is C17H19BrClNO. The lowest BCUT2D eigenvalue weighted by molar-refractivity contribution is 0.481. The molecule has 2 aromatic rings. The highest BCUT2D eigenvalue weighted by Gasteiger charge is 2.08. The van der Waals surface area contributed by atoms with Gasteiger partial charge in [-0.25, -0.2) is 0 Å². The number of nitrogens with one attached hydrogen (secondary N) is 1. The van der Waals surface area contributed by atoms with Crippen molar-refractivity contribution in [3.8, 4) is 11.5 Å². The maximum Gasteiger partial charge on any atom is 0.147 e. The summed E-state index contributed by atoms with van der Waals surface area (Å²) in [5, 5.41) is 4.06. The van der Waals surface area contributed by atoms with Crippen molar-refractivity contribution in [3.63, 3.8) is 0 Å². The van der Waals surface area contributed by atoms with Gasteiger partial charge in [0.1, 0.15) is 11.5 Å². The molecule has 2 rings (SSSR count). The molecule has 0 amide bonds. The molecule has 1 atom stereocenters. The highest BCUT2D eigenvalue weighted by molar-refractivity contribution is 9.10. The summed E-state index contributed by atoms with van der Waals surface area (Å²) in [6.07, 6.45) is 1.06. The van der Waals surface area contributed by atoms with Crippen LogP contribution in [0.4, 0.5) is 0 Å². The van der Waals surface area contributed by atoms with Crippen molar-refractivity contribution >= 4 is 27.5 Å². The molecule has 0 saturated heterocycles. The molecule has 0 heterocycles. The summed E-state index contributed by atoms with van der Waals surface area (Å²) in [7, 11) is 0. The summed E-state index contributed by atoms with van der Waals surface area (Å²) in [6, 6.07) is 14.1. The van der Waals surface area contributed by atoms with Crippen LogP contribution in [0, 0.1) is 0 Å². The monoisotopic (exact) mass is 367 g/mol. The Morgan fingerprint density at radius 2 is 1.86 bits per heavy atom. The molecule has 0 fully saturated rings. The Morgan fingerprint density at radius 3 is 2.48 bits per heavy atom. The van der Waals surface area contributed by atoms with Crippen LogP contribution in [-0.2, 0) is 0 Å². The van der Waals surface area contributed by atoms with Crippen molar-refractivity contribution in [3.05, 3.63) is 57.5 Å². The smallest absolute Gasteiger partial charge is 0.147 e. The normalized spacial score (nSPS) is 12.2. The largest absolute Gasteiger partial charge is 0.456 e. The minimum atomic E-state index is 0.388. The van der Waals surface area contributed by atoms with Crippen LogP contribution < -0.4 is 10.1 Å². The van der Waals surface area contributed by atoms with Gasteiger partial charge >= 0.3 is 0 Å². The van der Waals surface area contributed by atoms with Crippen LogP contribution in [0.15, 0.2) is 46.9 Å². The van der Waals surface area contributed by atoms with Crippen molar-refractivity contribution in [2.75, 3.05) is 6.54 Å². The average molecular weight is 369 g/mol. The van der Waals surface area contributed by atoms with Gasteiger partial charge in [0.05, 0.1) is 5.02 Å². The summed E-state index contributed by atoms with van der Waals surface area (Å²) < 4.78 is 6.78. The van der Waals surface area contributed by atoms with E-state index in [0.717, 1.165) is 23.2 Å². The van der Waals surface area contributed by atoms with Gasteiger partial charge in [0.25, 0.3) is 0 Å². The van der Waals surface area contributed by atoms with Gasteiger partial charge in [0.15, 0.2) is 0 Å². The first-order valence-corrected chi connectivity index (χ1v) is 8.27. The van der Waals surface area contributed by atoms with Gasteiger partial charge in [-0.2, -0.15) is 0 Å². The minimum absolute atomic E-state index is 0.388. The Bertz CT molecular complexity index is 586. The molecule has 2 nitrogen and oxygen atoms in total. The number of ether oxygens (including phenoxy) is 1. The zero-order chi connectivity index (χ0) is 15.2. The van der Waals surface area contributed by atoms with E-state index >= 15 is 0 Å². The van der Waals surface area contributed by atoms with Crippen molar-refractivity contribution in [1.82, 2.24) is 5.32 Å². The summed E-state index contributed by atoms with van der Waals surface area (Å²) in [6.45, 7) is 5.26. The van der Waals surface area contributed by atoms with Crippen LogP contribution in [0.2, 0.25) is 5.02 Å². The predicted octanol–water partition coefficient (Wildman–Crippen LogP) is 5.96. The molecule has 21 heavy (non-hydrogen) atoms. The quantitative estimate of drug-likeness (QED) is 0.679. The zero-order valence-electron chi connectivity index (χ0n) is 12.2. The Balaban J connectivity index is 2.13. The van der Waals surface area contributed by atoms with Crippen LogP contribution in [0.25, 0.3) is 0 Å². The van der Waals surface area contributed by atoms with Crippen LogP contribution in [-0.4, -0.2) is 6.54 Å². The Labute approximate surface area is 139 Å². The molecule has 0 spiro atoms. The summed E-state index contributed by atoms with van der Waals surface area (Å²) >= 11 is 9.56. The van der Waals surface area contributed by atoms with E-state index in [0.29, 0.717) is 16.8 Å². The predicted molar refractivity (Wildman–Crippen MR) is 92.4 cm³/mol. The van der Waals surface area contributed by atoms with Gasteiger partial charge in [-0.3, -0.25) is 0 Å². The molecule has 112 valence electrons. The second-order valence-electron chi connectivity index (χ2n) is 4.76. The fourth-order valence-electron chi connectivity index (χ4n) is 2.19. The highest BCUT2D eigenvalue weighted by atomic mass is 79.9. The maximum atomic E-state index is 6.14. The van der Waals surface area contributed by atoms with E-state index in [9.17, 15) is 0 Å². The number of hydrogen-bond donors (Lipinski definition) is 1. The molecule has 1 N–H and O–H groups in total. The Hall–Kier alpha value is -1.03. The van der Waals surface area contributed by atoms with E-state index in [1.54, 1.807) is 0 Å². The standard InChI is InChI=1S/C17H19BrClNO/c1-3-16(20-4-2)12-5-8-14(9-6-12)21-17-11-13(18)7-10-15(17)19/h5-11,16,20H,3-4H2,1-2H3. The fraction of sp³-hybridized carbons (Fsp3) is 0.294. The lowest BCUT2D eigenvalue weighted by atomic mass is 10.0. The summed E-state index contributed by atoms with van der Waals surface area (Å²) in [5.41, 5.74) is 1.27. The first-order valence-electron chi connectivity index (χ1n) is 7.10. The molecule has 0 aliphatic carbocycles. The SMILES string of the molecule is CCNC(CC)c1ccc(Oc2cc(Br)ccc2Cl)cc1. The first kappa shape index (κ1) is 16.3. The fourth-order valence-corrected chi connectivity index (χ4v) is 2.69. The van der Waals surface area contributed by atoms with Crippen LogP contribution >= 0.6 is 27.5 Å². The van der Waals surface area contributed by atoms with Crippen LogP contribution in [0.1, 0.15) is 31.9 Å². The minimum Gasteiger partial charge on any atom is -0.456 e. The molecule has 0 aliphatic rings. The molecule has 1 unspecified atom stereocenters. The van der Waals surface area contributed by atoms with Gasteiger partial charge < -0.3 is 10.1 Å².